The van der Waals surface area contributed by atoms with Crippen LogP contribution in [0.3, 0.4) is 0 Å². The lowest BCUT2D eigenvalue weighted by Crippen LogP contribution is -1.95. The fourth-order valence-corrected chi connectivity index (χ4v) is 2.39. The average molecular weight is 337 g/mol. The number of nitrogens with zero attached hydrogens (tertiary/aromatic N) is 1. The van der Waals surface area contributed by atoms with Crippen molar-refractivity contribution in [1.82, 2.24) is 9.97 Å². The summed E-state index contributed by atoms with van der Waals surface area (Å²) in [6.07, 6.45) is 0. The maximum atomic E-state index is 6.11. The van der Waals surface area contributed by atoms with Crippen LogP contribution in [-0.4, -0.2) is 9.97 Å². The standard InChI is InChI=1S/C14H11BrClN3/c15-10-3-2-9(6-11(10)16)14-18-12-4-1-8(7-17)5-13(12)19-14/h1-6H,7,17H2,(H,18,19). The molecule has 0 saturated heterocycles. The highest BCUT2D eigenvalue weighted by atomic mass is 79.9. The van der Waals surface area contributed by atoms with Crippen molar-refractivity contribution in [2.45, 2.75) is 6.54 Å². The van der Waals surface area contributed by atoms with E-state index in [0.717, 1.165) is 32.5 Å². The molecular formula is C14H11BrClN3. The largest absolute Gasteiger partial charge is 0.338 e. The lowest BCUT2D eigenvalue weighted by atomic mass is 10.2. The second-order valence-corrected chi connectivity index (χ2v) is 5.53. The Bertz CT molecular complexity index is 752. The van der Waals surface area contributed by atoms with Crippen LogP contribution in [-0.2, 0) is 6.54 Å². The van der Waals surface area contributed by atoms with Crippen molar-refractivity contribution in [3.63, 3.8) is 0 Å². The first-order valence-corrected chi connectivity index (χ1v) is 6.98. The lowest BCUT2D eigenvalue weighted by Gasteiger charge is -1.99. The number of rotatable bonds is 2. The number of nitrogens with one attached hydrogen (secondary N) is 1. The van der Waals surface area contributed by atoms with Crippen molar-refractivity contribution in [3.05, 3.63) is 51.5 Å². The van der Waals surface area contributed by atoms with Gasteiger partial charge in [0.15, 0.2) is 0 Å². The molecule has 0 aliphatic rings. The van der Waals surface area contributed by atoms with Crippen molar-refractivity contribution in [2.24, 2.45) is 5.73 Å². The second-order valence-electron chi connectivity index (χ2n) is 4.27. The number of hydrogen-bond donors (Lipinski definition) is 2. The van der Waals surface area contributed by atoms with E-state index in [-0.39, 0.29) is 0 Å². The number of fused-ring (bicyclic) bond motifs is 1. The number of imidazole rings is 1. The minimum atomic E-state index is 0.522. The number of halogens is 2. The molecule has 1 heterocycles. The Balaban J connectivity index is 2.11. The van der Waals surface area contributed by atoms with Gasteiger partial charge >= 0.3 is 0 Å². The van der Waals surface area contributed by atoms with Crippen molar-refractivity contribution >= 4 is 38.6 Å². The maximum absolute atomic E-state index is 6.11. The van der Waals surface area contributed by atoms with Crippen molar-refractivity contribution in [1.29, 1.82) is 0 Å². The summed E-state index contributed by atoms with van der Waals surface area (Å²) in [5.74, 6) is 0.804. The first-order chi connectivity index (χ1) is 9.17. The zero-order chi connectivity index (χ0) is 13.4. The number of benzene rings is 2. The molecular weight excluding hydrogens is 326 g/mol. The van der Waals surface area contributed by atoms with Gasteiger partial charge in [0.05, 0.1) is 16.1 Å². The van der Waals surface area contributed by atoms with Crippen LogP contribution in [0.4, 0.5) is 0 Å². The molecule has 2 aromatic carbocycles. The number of hydrogen-bond acceptors (Lipinski definition) is 2. The van der Waals surface area contributed by atoms with Gasteiger partial charge in [-0.25, -0.2) is 4.98 Å². The van der Waals surface area contributed by atoms with Crippen LogP contribution >= 0.6 is 27.5 Å². The molecule has 3 rings (SSSR count). The van der Waals surface area contributed by atoms with Crippen LogP contribution in [0.25, 0.3) is 22.4 Å². The van der Waals surface area contributed by atoms with E-state index in [0.29, 0.717) is 11.6 Å². The fourth-order valence-electron chi connectivity index (χ4n) is 1.96. The molecule has 0 bridgehead atoms. The van der Waals surface area contributed by atoms with E-state index in [4.69, 9.17) is 17.3 Å². The molecule has 3 N–H and O–H groups in total. The van der Waals surface area contributed by atoms with E-state index in [1.54, 1.807) is 0 Å². The van der Waals surface area contributed by atoms with E-state index in [1.807, 2.05) is 36.4 Å². The van der Waals surface area contributed by atoms with Crippen LogP contribution in [0.2, 0.25) is 5.02 Å². The molecule has 0 fully saturated rings. The summed E-state index contributed by atoms with van der Waals surface area (Å²) in [7, 11) is 0. The molecule has 0 unspecified atom stereocenters. The van der Waals surface area contributed by atoms with Gasteiger partial charge in [-0.2, -0.15) is 0 Å². The minimum absolute atomic E-state index is 0.522. The third kappa shape index (κ3) is 2.39. The van der Waals surface area contributed by atoms with Gasteiger partial charge in [0.25, 0.3) is 0 Å². The van der Waals surface area contributed by atoms with Crippen molar-refractivity contribution in [3.8, 4) is 11.4 Å². The van der Waals surface area contributed by atoms with Crippen LogP contribution in [0.1, 0.15) is 5.56 Å². The third-order valence-electron chi connectivity index (χ3n) is 2.98. The summed E-state index contributed by atoms with van der Waals surface area (Å²) in [6.45, 7) is 0.522. The van der Waals surface area contributed by atoms with Crippen LogP contribution < -0.4 is 5.73 Å². The summed E-state index contributed by atoms with van der Waals surface area (Å²) >= 11 is 9.48. The minimum Gasteiger partial charge on any atom is -0.338 e. The average Bonchev–Trinajstić information content (AvgIpc) is 2.84. The molecule has 0 aliphatic carbocycles. The SMILES string of the molecule is NCc1ccc2nc(-c3ccc(Br)c(Cl)c3)[nH]c2c1. The van der Waals surface area contributed by atoms with Gasteiger partial charge in [-0.1, -0.05) is 23.7 Å². The molecule has 0 radical (unpaired) electrons. The molecule has 1 aromatic heterocycles. The Morgan fingerprint density at radius 1 is 1.21 bits per heavy atom. The van der Waals surface area contributed by atoms with Crippen LogP contribution in [0, 0.1) is 0 Å². The topological polar surface area (TPSA) is 54.7 Å². The highest BCUT2D eigenvalue weighted by Crippen LogP contribution is 2.28. The predicted molar refractivity (Wildman–Crippen MR) is 82.1 cm³/mol. The molecule has 3 aromatic rings. The molecule has 19 heavy (non-hydrogen) atoms. The first kappa shape index (κ1) is 12.7. The van der Waals surface area contributed by atoms with Crippen LogP contribution in [0.15, 0.2) is 40.9 Å². The quantitative estimate of drug-likeness (QED) is 0.740. The van der Waals surface area contributed by atoms with Crippen LogP contribution in [0.5, 0.6) is 0 Å². The Kier molecular flexibility index (Phi) is 3.31. The summed E-state index contributed by atoms with van der Waals surface area (Å²) in [6, 6.07) is 11.7. The predicted octanol–water partition coefficient (Wildman–Crippen LogP) is 4.10. The molecule has 0 amide bonds. The summed E-state index contributed by atoms with van der Waals surface area (Å²) in [5.41, 5.74) is 9.58. The third-order valence-corrected chi connectivity index (χ3v) is 4.21. The molecule has 5 heteroatoms. The molecule has 0 saturated carbocycles. The number of aromatic nitrogens is 2. The van der Waals surface area contributed by atoms with Crippen molar-refractivity contribution in [2.75, 3.05) is 0 Å². The van der Waals surface area contributed by atoms with E-state index in [2.05, 4.69) is 25.9 Å². The summed E-state index contributed by atoms with van der Waals surface area (Å²) in [4.78, 5) is 7.85. The normalized spacial score (nSPS) is 11.1. The number of nitrogens with two attached hydrogens (primary N) is 1. The molecule has 96 valence electrons. The Morgan fingerprint density at radius 3 is 2.79 bits per heavy atom. The summed E-state index contributed by atoms with van der Waals surface area (Å²) in [5, 5.41) is 0.667. The second kappa shape index (κ2) is 4.96. The van der Waals surface area contributed by atoms with Gasteiger partial charge in [-0.15, -0.1) is 0 Å². The highest BCUT2D eigenvalue weighted by Gasteiger charge is 2.07. The maximum Gasteiger partial charge on any atom is 0.138 e. The van der Waals surface area contributed by atoms with E-state index < -0.39 is 0 Å². The van der Waals surface area contributed by atoms with E-state index in [1.165, 1.54) is 0 Å². The Hall–Kier alpha value is -1.36. The zero-order valence-electron chi connectivity index (χ0n) is 9.95. The number of H-pyrrole nitrogens is 1. The Labute approximate surface area is 123 Å². The molecule has 0 aliphatic heterocycles. The van der Waals surface area contributed by atoms with E-state index >= 15 is 0 Å². The van der Waals surface area contributed by atoms with E-state index in [9.17, 15) is 0 Å². The summed E-state index contributed by atoms with van der Waals surface area (Å²) < 4.78 is 0.874. The fraction of sp³-hybridized carbons (Fsp3) is 0.0714. The van der Waals surface area contributed by atoms with Gasteiger partial charge in [0.2, 0.25) is 0 Å². The monoisotopic (exact) mass is 335 g/mol. The number of aromatic amines is 1. The van der Waals surface area contributed by atoms with Gasteiger partial charge in [0.1, 0.15) is 5.82 Å². The molecule has 0 spiro atoms. The van der Waals surface area contributed by atoms with Gasteiger partial charge in [-0.3, -0.25) is 0 Å². The van der Waals surface area contributed by atoms with Gasteiger partial charge < -0.3 is 10.7 Å². The zero-order valence-corrected chi connectivity index (χ0v) is 12.3. The Morgan fingerprint density at radius 2 is 2.05 bits per heavy atom. The van der Waals surface area contributed by atoms with Gasteiger partial charge in [0, 0.05) is 16.6 Å². The molecule has 0 atom stereocenters. The van der Waals surface area contributed by atoms with Crippen molar-refractivity contribution < 1.29 is 0 Å². The van der Waals surface area contributed by atoms with Gasteiger partial charge in [-0.05, 0) is 45.8 Å². The smallest absolute Gasteiger partial charge is 0.138 e. The lowest BCUT2D eigenvalue weighted by molar-refractivity contribution is 1.07. The first-order valence-electron chi connectivity index (χ1n) is 5.81. The highest BCUT2D eigenvalue weighted by molar-refractivity contribution is 9.10. The molecule has 3 nitrogen and oxygen atoms in total.